The van der Waals surface area contributed by atoms with E-state index < -0.39 is 0 Å². The largest absolute Gasteiger partial charge is 0.507 e. The molecule has 1 unspecified atom stereocenters. The minimum Gasteiger partial charge on any atom is -0.507 e. The van der Waals surface area contributed by atoms with Crippen molar-refractivity contribution in [3.05, 3.63) is 65.2 Å². The molecule has 0 aliphatic heterocycles. The number of rotatable bonds is 4. The highest BCUT2D eigenvalue weighted by Gasteiger charge is 2.14. The van der Waals surface area contributed by atoms with Crippen LogP contribution in [0.1, 0.15) is 28.4 Å². The van der Waals surface area contributed by atoms with Crippen LogP contribution >= 0.6 is 0 Å². The first-order valence-corrected chi connectivity index (χ1v) is 6.71. The van der Waals surface area contributed by atoms with Crippen molar-refractivity contribution < 1.29 is 9.90 Å². The molecule has 1 amide bonds. The molecule has 2 N–H and O–H groups in total. The van der Waals surface area contributed by atoms with Crippen LogP contribution in [0.5, 0.6) is 5.75 Å². The van der Waals surface area contributed by atoms with Gasteiger partial charge >= 0.3 is 0 Å². The zero-order valence-corrected chi connectivity index (χ0v) is 11.8. The molecule has 2 aromatic carbocycles. The second kappa shape index (κ2) is 6.24. The summed E-state index contributed by atoms with van der Waals surface area (Å²) in [6.07, 6.45) is 0.763. The first kappa shape index (κ1) is 14.1. The third-order valence-electron chi connectivity index (χ3n) is 3.24. The van der Waals surface area contributed by atoms with Crippen molar-refractivity contribution in [3.63, 3.8) is 0 Å². The zero-order chi connectivity index (χ0) is 14.5. The Hall–Kier alpha value is -2.29. The number of nitrogens with one attached hydrogen (secondary N) is 1. The number of aromatic hydroxyl groups is 1. The van der Waals surface area contributed by atoms with Crippen molar-refractivity contribution in [2.24, 2.45) is 0 Å². The molecule has 20 heavy (non-hydrogen) atoms. The number of phenolic OH excluding ortho intramolecular Hbond substituents is 1. The van der Waals surface area contributed by atoms with E-state index in [0.29, 0.717) is 11.1 Å². The molecular weight excluding hydrogens is 250 g/mol. The van der Waals surface area contributed by atoms with Crippen LogP contribution in [-0.2, 0) is 6.42 Å². The molecule has 0 spiro atoms. The van der Waals surface area contributed by atoms with E-state index >= 15 is 0 Å². The lowest BCUT2D eigenvalue weighted by Gasteiger charge is -2.15. The fourth-order valence-corrected chi connectivity index (χ4v) is 2.16. The van der Waals surface area contributed by atoms with E-state index in [1.807, 2.05) is 37.3 Å². The van der Waals surface area contributed by atoms with Gasteiger partial charge in [0.05, 0.1) is 5.56 Å². The molecule has 2 rings (SSSR count). The summed E-state index contributed by atoms with van der Waals surface area (Å²) >= 11 is 0. The van der Waals surface area contributed by atoms with Crippen molar-refractivity contribution in [1.82, 2.24) is 5.32 Å². The molecule has 3 heteroatoms. The van der Waals surface area contributed by atoms with E-state index in [-0.39, 0.29) is 17.7 Å². The highest BCUT2D eigenvalue weighted by molar-refractivity contribution is 5.97. The molecule has 3 nitrogen and oxygen atoms in total. The molecule has 0 fully saturated rings. The molecule has 104 valence electrons. The van der Waals surface area contributed by atoms with Crippen molar-refractivity contribution >= 4 is 5.91 Å². The Bertz CT molecular complexity index is 593. The van der Waals surface area contributed by atoms with E-state index in [1.54, 1.807) is 25.1 Å². The maximum atomic E-state index is 12.1. The number of benzene rings is 2. The molecule has 0 bridgehead atoms. The number of phenols is 1. The Balaban J connectivity index is 2.02. The number of hydrogen-bond donors (Lipinski definition) is 2. The number of amides is 1. The lowest BCUT2D eigenvalue weighted by Crippen LogP contribution is -2.34. The molecule has 0 aromatic heterocycles. The second-order valence-corrected chi connectivity index (χ2v) is 5.04. The predicted molar refractivity (Wildman–Crippen MR) is 79.9 cm³/mol. The van der Waals surface area contributed by atoms with Crippen LogP contribution in [0.25, 0.3) is 0 Å². The van der Waals surface area contributed by atoms with Crippen molar-refractivity contribution in [2.45, 2.75) is 26.3 Å². The van der Waals surface area contributed by atoms with Gasteiger partial charge in [0.25, 0.3) is 5.91 Å². The van der Waals surface area contributed by atoms with E-state index in [4.69, 9.17) is 0 Å². The van der Waals surface area contributed by atoms with Gasteiger partial charge in [0, 0.05) is 6.04 Å². The molecular formula is C17H19NO2. The van der Waals surface area contributed by atoms with E-state index in [1.165, 1.54) is 5.56 Å². The highest BCUT2D eigenvalue weighted by atomic mass is 16.3. The average Bonchev–Trinajstić information content (AvgIpc) is 2.42. The van der Waals surface area contributed by atoms with Crippen molar-refractivity contribution in [1.29, 1.82) is 0 Å². The first-order chi connectivity index (χ1) is 9.58. The first-order valence-electron chi connectivity index (χ1n) is 6.71. The number of carbonyl (C=O) groups is 1. The molecule has 0 radical (unpaired) electrons. The summed E-state index contributed by atoms with van der Waals surface area (Å²) in [6.45, 7) is 3.73. The van der Waals surface area contributed by atoms with Gasteiger partial charge in [0.15, 0.2) is 0 Å². The van der Waals surface area contributed by atoms with Crippen LogP contribution < -0.4 is 5.32 Å². The van der Waals surface area contributed by atoms with Crippen LogP contribution in [0.15, 0.2) is 48.5 Å². The van der Waals surface area contributed by atoms with Gasteiger partial charge in [-0.25, -0.2) is 0 Å². The normalized spacial score (nSPS) is 11.9. The number of carbonyl (C=O) groups excluding carboxylic acids is 1. The van der Waals surface area contributed by atoms with Gasteiger partial charge < -0.3 is 10.4 Å². The topological polar surface area (TPSA) is 49.3 Å². The summed E-state index contributed by atoms with van der Waals surface area (Å²) in [5.74, 6) is -0.188. The maximum absolute atomic E-state index is 12.1. The highest BCUT2D eigenvalue weighted by Crippen LogP contribution is 2.21. The minimum atomic E-state index is -0.241. The molecule has 0 saturated carbocycles. The Morgan fingerprint density at radius 2 is 1.85 bits per heavy atom. The van der Waals surface area contributed by atoms with Gasteiger partial charge in [-0.1, -0.05) is 42.5 Å². The third kappa shape index (κ3) is 3.38. The fourth-order valence-electron chi connectivity index (χ4n) is 2.16. The predicted octanol–water partition coefficient (Wildman–Crippen LogP) is 3.06. The summed E-state index contributed by atoms with van der Waals surface area (Å²) < 4.78 is 0. The average molecular weight is 269 g/mol. The van der Waals surface area contributed by atoms with Gasteiger partial charge in [-0.2, -0.15) is 0 Å². The smallest absolute Gasteiger partial charge is 0.255 e. The monoisotopic (exact) mass is 269 g/mol. The maximum Gasteiger partial charge on any atom is 0.255 e. The van der Waals surface area contributed by atoms with Gasteiger partial charge in [-0.05, 0) is 37.5 Å². The Morgan fingerprint density at radius 3 is 2.55 bits per heavy atom. The van der Waals surface area contributed by atoms with Crippen LogP contribution in [0.3, 0.4) is 0 Å². The molecule has 1 atom stereocenters. The summed E-state index contributed by atoms with van der Waals surface area (Å²) in [5.41, 5.74) is 2.20. The zero-order valence-electron chi connectivity index (χ0n) is 11.8. The van der Waals surface area contributed by atoms with Crippen LogP contribution in [0, 0.1) is 6.92 Å². The standard InChI is InChI=1S/C17H19NO2/c1-12-7-6-10-15(16(12)19)17(20)18-13(2)11-14-8-4-3-5-9-14/h3-10,13,19H,11H2,1-2H3,(H,18,20). The molecule has 0 aliphatic carbocycles. The van der Waals surface area contributed by atoms with Crippen LogP contribution in [0.2, 0.25) is 0 Å². The van der Waals surface area contributed by atoms with Gasteiger partial charge in [-0.15, -0.1) is 0 Å². The van der Waals surface area contributed by atoms with E-state index in [2.05, 4.69) is 5.32 Å². The summed E-state index contributed by atoms with van der Waals surface area (Å²) in [6, 6.07) is 15.2. The van der Waals surface area contributed by atoms with E-state index in [9.17, 15) is 9.90 Å². The van der Waals surface area contributed by atoms with Gasteiger partial charge in [0.2, 0.25) is 0 Å². The van der Waals surface area contributed by atoms with Crippen molar-refractivity contribution in [3.8, 4) is 5.75 Å². The quantitative estimate of drug-likeness (QED) is 0.896. The third-order valence-corrected chi connectivity index (χ3v) is 3.24. The minimum absolute atomic E-state index is 0.00446. The molecule has 0 aliphatic rings. The number of hydrogen-bond acceptors (Lipinski definition) is 2. The lowest BCUT2D eigenvalue weighted by molar-refractivity contribution is 0.0937. The number of aryl methyl sites for hydroxylation is 1. The molecule has 2 aromatic rings. The van der Waals surface area contributed by atoms with Crippen molar-refractivity contribution in [2.75, 3.05) is 0 Å². The second-order valence-electron chi connectivity index (χ2n) is 5.04. The lowest BCUT2D eigenvalue weighted by atomic mass is 10.1. The Kier molecular flexibility index (Phi) is 4.41. The van der Waals surface area contributed by atoms with Gasteiger partial charge in [-0.3, -0.25) is 4.79 Å². The fraction of sp³-hybridized carbons (Fsp3) is 0.235. The van der Waals surface area contributed by atoms with E-state index in [0.717, 1.165) is 6.42 Å². The summed E-state index contributed by atoms with van der Waals surface area (Å²) in [5, 5.41) is 12.8. The Labute approximate surface area is 119 Å². The SMILES string of the molecule is Cc1cccc(C(=O)NC(C)Cc2ccccc2)c1O. The van der Waals surface area contributed by atoms with Crippen LogP contribution in [-0.4, -0.2) is 17.1 Å². The van der Waals surface area contributed by atoms with Gasteiger partial charge in [0.1, 0.15) is 5.75 Å². The number of para-hydroxylation sites is 1. The summed E-state index contributed by atoms with van der Waals surface area (Å²) in [7, 11) is 0. The molecule has 0 heterocycles. The molecule has 0 saturated heterocycles. The summed E-state index contributed by atoms with van der Waals surface area (Å²) in [4.78, 5) is 12.1. The Morgan fingerprint density at radius 1 is 1.15 bits per heavy atom. The van der Waals surface area contributed by atoms with Crippen LogP contribution in [0.4, 0.5) is 0 Å².